The minimum absolute atomic E-state index is 0.0303. The number of ether oxygens (including phenoxy) is 1. The smallest absolute Gasteiger partial charge is 0.269 e. The van der Waals surface area contributed by atoms with Crippen LogP contribution in [-0.4, -0.2) is 44.2 Å². The predicted octanol–water partition coefficient (Wildman–Crippen LogP) is 1.27. The van der Waals surface area contributed by atoms with Crippen molar-refractivity contribution in [2.45, 2.75) is 19.3 Å². The molecular weight excluding hydrogens is 298 g/mol. The van der Waals surface area contributed by atoms with Gasteiger partial charge in [0.15, 0.2) is 0 Å². The lowest BCUT2D eigenvalue weighted by Gasteiger charge is -2.35. The second kappa shape index (κ2) is 8.03. The molecule has 1 heterocycles. The van der Waals surface area contributed by atoms with Crippen LogP contribution in [0.5, 0.6) is 0 Å². The molecular formula is C16H23N3O4. The molecule has 1 aromatic rings. The van der Waals surface area contributed by atoms with Crippen molar-refractivity contribution in [3.63, 3.8) is 0 Å². The maximum absolute atomic E-state index is 12.5. The highest BCUT2D eigenvalue weighted by molar-refractivity contribution is 5.83. The highest BCUT2D eigenvalue weighted by Gasteiger charge is 2.39. The molecule has 1 aromatic carbocycles. The van der Waals surface area contributed by atoms with Gasteiger partial charge in [-0.25, -0.2) is 0 Å². The van der Waals surface area contributed by atoms with E-state index in [1.54, 1.807) is 19.2 Å². The number of nitrogens with zero attached hydrogens (tertiary/aromatic N) is 1. The zero-order valence-corrected chi connectivity index (χ0v) is 13.3. The van der Waals surface area contributed by atoms with Gasteiger partial charge >= 0.3 is 0 Å². The maximum Gasteiger partial charge on any atom is 0.269 e. The molecule has 7 heteroatoms. The lowest BCUT2D eigenvalue weighted by Crippen LogP contribution is -2.50. The van der Waals surface area contributed by atoms with Crippen molar-refractivity contribution in [1.82, 2.24) is 10.6 Å². The molecule has 1 amide bonds. The summed E-state index contributed by atoms with van der Waals surface area (Å²) in [7, 11) is 1.62. The number of amides is 1. The Bertz CT molecular complexity index is 533. The molecule has 0 bridgehead atoms. The van der Waals surface area contributed by atoms with E-state index in [1.165, 1.54) is 12.1 Å². The lowest BCUT2D eigenvalue weighted by atomic mass is 9.78. The molecule has 0 radical (unpaired) electrons. The molecule has 7 nitrogen and oxygen atoms in total. The van der Waals surface area contributed by atoms with Crippen LogP contribution in [0.1, 0.15) is 18.4 Å². The van der Waals surface area contributed by atoms with Crippen LogP contribution < -0.4 is 10.6 Å². The van der Waals surface area contributed by atoms with Gasteiger partial charge in [0.2, 0.25) is 5.91 Å². The summed E-state index contributed by atoms with van der Waals surface area (Å²) in [6.07, 6.45) is 2.18. The zero-order valence-electron chi connectivity index (χ0n) is 13.3. The Balaban J connectivity index is 1.86. The van der Waals surface area contributed by atoms with Gasteiger partial charge < -0.3 is 15.4 Å². The number of hydrogen-bond acceptors (Lipinski definition) is 5. The van der Waals surface area contributed by atoms with Gasteiger partial charge in [0, 0.05) is 25.8 Å². The Kier molecular flexibility index (Phi) is 6.06. The first kappa shape index (κ1) is 17.4. The first-order chi connectivity index (χ1) is 11.1. The van der Waals surface area contributed by atoms with Gasteiger partial charge in [-0.3, -0.25) is 14.9 Å². The van der Waals surface area contributed by atoms with E-state index in [9.17, 15) is 14.9 Å². The molecule has 0 saturated carbocycles. The number of hydrogen-bond donors (Lipinski definition) is 2. The van der Waals surface area contributed by atoms with E-state index in [1.807, 2.05) is 0 Å². The van der Waals surface area contributed by atoms with Gasteiger partial charge in [0.05, 0.1) is 16.9 Å². The van der Waals surface area contributed by atoms with Crippen molar-refractivity contribution in [1.29, 1.82) is 0 Å². The average molecular weight is 321 g/mol. The Morgan fingerprint density at radius 2 is 2.00 bits per heavy atom. The fraction of sp³-hybridized carbons (Fsp3) is 0.562. The number of nitrogens with one attached hydrogen (secondary N) is 2. The number of rotatable bonds is 7. The molecule has 1 saturated heterocycles. The van der Waals surface area contributed by atoms with Crippen molar-refractivity contribution < 1.29 is 14.5 Å². The number of methoxy groups -OCH3 is 1. The average Bonchev–Trinajstić information content (AvgIpc) is 2.56. The second-order valence-corrected chi connectivity index (χ2v) is 5.89. The summed E-state index contributed by atoms with van der Waals surface area (Å²) < 4.78 is 5.25. The van der Waals surface area contributed by atoms with E-state index >= 15 is 0 Å². The summed E-state index contributed by atoms with van der Waals surface area (Å²) in [4.78, 5) is 22.7. The van der Waals surface area contributed by atoms with Crippen LogP contribution >= 0.6 is 0 Å². The summed E-state index contributed by atoms with van der Waals surface area (Å²) in [5.41, 5.74) is 0.587. The molecule has 1 aliphatic heterocycles. The number of non-ortho nitro benzene ring substituents is 1. The molecule has 1 fully saturated rings. The van der Waals surface area contributed by atoms with E-state index in [4.69, 9.17) is 4.74 Å². The highest BCUT2D eigenvalue weighted by atomic mass is 16.6. The summed E-state index contributed by atoms with van der Waals surface area (Å²) in [5.74, 6) is 0.0303. The van der Waals surface area contributed by atoms with E-state index in [-0.39, 0.29) is 11.6 Å². The number of carbonyl (C=O) groups is 1. The maximum atomic E-state index is 12.5. The van der Waals surface area contributed by atoms with Crippen molar-refractivity contribution in [3.05, 3.63) is 39.9 Å². The quantitative estimate of drug-likeness (QED) is 0.583. The first-order valence-electron chi connectivity index (χ1n) is 7.79. The van der Waals surface area contributed by atoms with Gasteiger partial charge in [0.25, 0.3) is 5.69 Å². The standard InChI is InChI=1S/C16H23N3O4/c1-23-12-16(7-10-17-11-8-16)15(20)18-9-6-13-2-4-14(5-3-13)19(21)22/h2-5,17H,6-12H2,1H3,(H,18,20). The minimum Gasteiger partial charge on any atom is -0.384 e. The molecule has 2 N–H and O–H groups in total. The highest BCUT2D eigenvalue weighted by Crippen LogP contribution is 2.29. The molecule has 0 aromatic heterocycles. The van der Waals surface area contributed by atoms with Crippen LogP contribution in [0.15, 0.2) is 24.3 Å². The van der Waals surface area contributed by atoms with Crippen molar-refractivity contribution in [2.75, 3.05) is 33.4 Å². The van der Waals surface area contributed by atoms with Crippen molar-refractivity contribution in [2.24, 2.45) is 5.41 Å². The third kappa shape index (κ3) is 4.49. The third-order valence-electron chi connectivity index (χ3n) is 4.31. The number of carbonyl (C=O) groups excluding carboxylic acids is 1. The lowest BCUT2D eigenvalue weighted by molar-refractivity contribution is -0.384. The molecule has 126 valence electrons. The minimum atomic E-state index is -0.449. The topological polar surface area (TPSA) is 93.5 Å². The monoisotopic (exact) mass is 321 g/mol. The molecule has 0 unspecified atom stereocenters. The van der Waals surface area contributed by atoms with E-state index in [0.29, 0.717) is 19.6 Å². The van der Waals surface area contributed by atoms with Gasteiger partial charge in [0.1, 0.15) is 0 Å². The largest absolute Gasteiger partial charge is 0.384 e. The fourth-order valence-electron chi connectivity index (χ4n) is 2.91. The van der Waals surface area contributed by atoms with E-state index < -0.39 is 10.3 Å². The van der Waals surface area contributed by atoms with Gasteiger partial charge in [-0.15, -0.1) is 0 Å². The molecule has 0 aliphatic carbocycles. The molecule has 1 aliphatic rings. The molecule has 23 heavy (non-hydrogen) atoms. The van der Waals surface area contributed by atoms with Crippen molar-refractivity contribution in [3.8, 4) is 0 Å². The Morgan fingerprint density at radius 1 is 1.35 bits per heavy atom. The Labute approximate surface area is 135 Å². The van der Waals surface area contributed by atoms with E-state index in [0.717, 1.165) is 31.5 Å². The molecule has 0 atom stereocenters. The van der Waals surface area contributed by atoms with Crippen LogP contribution in [0.2, 0.25) is 0 Å². The number of nitro groups is 1. The van der Waals surface area contributed by atoms with E-state index in [2.05, 4.69) is 10.6 Å². The SMILES string of the molecule is COCC1(C(=O)NCCc2ccc([N+](=O)[O-])cc2)CCNCC1. The van der Waals surface area contributed by atoms with Gasteiger partial charge in [-0.1, -0.05) is 12.1 Å². The fourth-order valence-corrected chi connectivity index (χ4v) is 2.91. The number of piperidine rings is 1. The van der Waals surface area contributed by atoms with Crippen LogP contribution in [0, 0.1) is 15.5 Å². The number of benzene rings is 1. The Morgan fingerprint density at radius 3 is 2.57 bits per heavy atom. The van der Waals surface area contributed by atoms with Crippen LogP contribution in [0.3, 0.4) is 0 Å². The molecule has 2 rings (SSSR count). The zero-order chi connectivity index (χ0) is 16.7. The normalized spacial score (nSPS) is 16.7. The summed E-state index contributed by atoms with van der Waals surface area (Å²) in [6, 6.07) is 6.41. The summed E-state index contributed by atoms with van der Waals surface area (Å²) >= 11 is 0. The Hall–Kier alpha value is -1.99. The third-order valence-corrected chi connectivity index (χ3v) is 4.31. The predicted molar refractivity (Wildman–Crippen MR) is 86.2 cm³/mol. The number of nitro benzene ring substituents is 1. The van der Waals surface area contributed by atoms with Gasteiger partial charge in [-0.2, -0.15) is 0 Å². The summed E-state index contributed by atoms with van der Waals surface area (Å²) in [5, 5.41) is 16.9. The van der Waals surface area contributed by atoms with Crippen LogP contribution in [0.4, 0.5) is 5.69 Å². The first-order valence-corrected chi connectivity index (χ1v) is 7.79. The molecule has 0 spiro atoms. The van der Waals surface area contributed by atoms with Crippen LogP contribution in [-0.2, 0) is 16.0 Å². The van der Waals surface area contributed by atoms with Gasteiger partial charge in [-0.05, 0) is 37.9 Å². The second-order valence-electron chi connectivity index (χ2n) is 5.89. The van der Waals surface area contributed by atoms with Crippen LogP contribution in [0.25, 0.3) is 0 Å². The van der Waals surface area contributed by atoms with Crippen molar-refractivity contribution >= 4 is 11.6 Å². The summed E-state index contributed by atoms with van der Waals surface area (Å²) in [6.45, 7) is 2.58.